The van der Waals surface area contributed by atoms with Crippen molar-refractivity contribution in [3.63, 3.8) is 0 Å². The van der Waals surface area contributed by atoms with Crippen molar-refractivity contribution in [1.29, 1.82) is 0 Å². The Balaban J connectivity index is 0.000000414. The summed E-state index contributed by atoms with van der Waals surface area (Å²) in [7, 11) is -33.0. The Bertz CT molecular complexity index is 4200. The second kappa shape index (κ2) is 43.6. The quantitative estimate of drug-likeness (QED) is 0.0119. The third kappa shape index (κ3) is 33.2. The number of anilines is 2. The first-order valence-electron chi connectivity index (χ1n) is 33.2. The molecule has 4 amide bonds. The SMILES string of the molecule is CC(C)(COP(=O)(O)OP(=O)(O)OC[C@H]1O[C@@H](n2cnc3c(N)ncnc32)[C@H](O)[C@@H]1OP(=O)(O)O)[C@@H](O)C(=O)NCCC(=O)NCCSC(=O)CC(=O)CCC(=O)O.CC(C)(COP(=O)(O)OP(=O)(O)OC[C@H]1O[C@@H](n2cnc3c(N)ncnc32)[C@H](O)[C@@H]1OP(=O)(O)O)[C@@H](O)C(=O)NCCC(=O)NCCSC(=O)CC(=O)CCC(=O)O. The van der Waals surface area contributed by atoms with E-state index in [0.717, 1.165) is 58.0 Å². The number of aliphatic carboxylic acids is 2. The molecule has 2 aliphatic heterocycles. The van der Waals surface area contributed by atoms with Crippen LogP contribution in [-0.2, 0) is 121 Å². The Morgan fingerprint density at radius 1 is 0.500 bits per heavy atom. The number of nitrogens with two attached hydrogens (primary N) is 2. The fraction of sp³-hybridized carbons (Fsp3) is 0.630. The Morgan fingerprint density at radius 3 is 1.16 bits per heavy atom. The number of aliphatic hydroxyl groups is 4. The minimum absolute atomic E-state index is 0.0142. The van der Waals surface area contributed by atoms with Crippen molar-refractivity contribution in [2.75, 3.05) is 75.6 Å². The van der Waals surface area contributed by atoms with Crippen LogP contribution in [0.25, 0.3) is 22.3 Å². The van der Waals surface area contributed by atoms with E-state index in [1.807, 2.05) is 0 Å². The van der Waals surface area contributed by atoms with Crippen molar-refractivity contribution in [3.8, 4) is 0 Å². The van der Waals surface area contributed by atoms with Gasteiger partial charge in [-0.1, -0.05) is 51.2 Å². The predicted molar refractivity (Wildman–Crippen MR) is 387 cm³/mol. The number of amides is 4. The summed E-state index contributed by atoms with van der Waals surface area (Å²) < 4.78 is 124. The molecular weight excluding hydrogens is 1730 g/mol. The van der Waals surface area contributed by atoms with Crippen LogP contribution in [0.2, 0.25) is 0 Å². The number of hydrogen-bond acceptors (Lipinski definition) is 40. The first-order valence-corrected chi connectivity index (χ1v) is 44.2. The molecule has 54 nitrogen and oxygen atoms in total. The Morgan fingerprint density at radius 2 is 0.836 bits per heavy atom. The molecule has 0 bridgehead atoms. The maximum absolute atomic E-state index is 12.7. The van der Waals surface area contributed by atoms with Crippen molar-refractivity contribution >= 4 is 162 Å². The largest absolute Gasteiger partial charge is 0.481 e. The van der Waals surface area contributed by atoms with Crippen molar-refractivity contribution < 1.29 is 190 Å². The Labute approximate surface area is 661 Å². The Kier molecular flexibility index (Phi) is 37.5. The van der Waals surface area contributed by atoms with Gasteiger partial charge in [-0.2, -0.15) is 8.62 Å². The molecule has 22 N–H and O–H groups in total. The van der Waals surface area contributed by atoms with Crippen LogP contribution < -0.4 is 32.7 Å². The van der Waals surface area contributed by atoms with Gasteiger partial charge in [0.05, 0.1) is 64.8 Å². The van der Waals surface area contributed by atoms with E-state index in [0.29, 0.717) is 0 Å². The first kappa shape index (κ1) is 100.0. The monoisotopic (exact) mass is 1820 g/mol. The molecule has 62 heteroatoms. The first-order chi connectivity index (χ1) is 53.6. The van der Waals surface area contributed by atoms with Crippen LogP contribution in [0, 0.1) is 10.8 Å². The molecule has 652 valence electrons. The Hall–Kier alpha value is -6.60. The van der Waals surface area contributed by atoms with E-state index in [1.165, 1.54) is 27.7 Å². The van der Waals surface area contributed by atoms with E-state index >= 15 is 0 Å². The number of fused-ring (bicyclic) bond motifs is 2. The number of aliphatic hydroxyl groups excluding tert-OH is 4. The van der Waals surface area contributed by atoms with E-state index in [2.05, 4.69) is 68.8 Å². The summed E-state index contributed by atoms with van der Waals surface area (Å²) in [5.74, 6) is -6.46. The fourth-order valence-electron chi connectivity index (χ4n) is 9.68. The number of hydrogen-bond donors (Lipinski definition) is 20. The van der Waals surface area contributed by atoms with Gasteiger partial charge in [-0.25, -0.2) is 57.3 Å². The number of aromatic nitrogens is 8. The third-order valence-corrected chi connectivity index (χ3v) is 23.4. The molecule has 2 fully saturated rings. The highest BCUT2D eigenvalue weighted by molar-refractivity contribution is 8.14. The van der Waals surface area contributed by atoms with Gasteiger partial charge in [-0.3, -0.25) is 84.2 Å². The normalized spacial score (nSPS) is 21.2. The highest BCUT2D eigenvalue weighted by Crippen LogP contribution is 2.63. The van der Waals surface area contributed by atoms with Crippen molar-refractivity contribution in [2.24, 2.45) is 10.8 Å². The zero-order valence-corrected chi connectivity index (χ0v) is 67.9. The van der Waals surface area contributed by atoms with Gasteiger partial charge in [0.15, 0.2) is 45.6 Å². The van der Waals surface area contributed by atoms with Gasteiger partial charge >= 0.3 is 58.9 Å². The fourth-order valence-corrected chi connectivity index (χ4v) is 16.7. The minimum atomic E-state index is -5.60. The molecule has 6 heterocycles. The molecule has 4 unspecified atom stereocenters. The molecule has 2 aliphatic rings. The van der Waals surface area contributed by atoms with Crippen molar-refractivity contribution in [1.82, 2.24) is 60.3 Å². The van der Waals surface area contributed by atoms with E-state index in [9.17, 15) is 135 Å². The third-order valence-electron chi connectivity index (χ3n) is 15.4. The highest BCUT2D eigenvalue weighted by Gasteiger charge is 2.53. The summed E-state index contributed by atoms with van der Waals surface area (Å²) in [5, 5.41) is 68.5. The molecule has 0 radical (unpaired) electrons. The van der Waals surface area contributed by atoms with E-state index < -0.39 is 229 Å². The maximum Gasteiger partial charge on any atom is 0.481 e. The molecule has 2 saturated heterocycles. The lowest BCUT2D eigenvalue weighted by Gasteiger charge is -2.30. The van der Waals surface area contributed by atoms with Gasteiger partial charge < -0.3 is 112 Å². The summed E-state index contributed by atoms with van der Waals surface area (Å²) >= 11 is 1.53. The van der Waals surface area contributed by atoms with Crippen molar-refractivity contribution in [3.05, 3.63) is 25.3 Å². The number of nitrogens with one attached hydrogen (secondary N) is 4. The number of thioether (sulfide) groups is 2. The van der Waals surface area contributed by atoms with Gasteiger partial charge in [-0.15, -0.1) is 0 Å². The van der Waals surface area contributed by atoms with Crippen molar-refractivity contribution in [2.45, 2.75) is 140 Å². The van der Waals surface area contributed by atoms with Crippen LogP contribution in [0.3, 0.4) is 0 Å². The number of nitrogens with zero attached hydrogens (tertiary/aromatic N) is 8. The molecule has 0 aromatic carbocycles. The molecule has 14 atom stereocenters. The highest BCUT2D eigenvalue weighted by atomic mass is 32.2. The maximum atomic E-state index is 12.7. The second-order valence-electron chi connectivity index (χ2n) is 25.8. The molecule has 0 saturated carbocycles. The number of ether oxygens (including phenoxy) is 2. The summed E-state index contributed by atoms with van der Waals surface area (Å²) in [6.45, 7) is 0.160. The van der Waals surface area contributed by atoms with E-state index in [1.54, 1.807) is 0 Å². The number of carbonyl (C=O) groups excluding carboxylic acids is 8. The van der Waals surface area contributed by atoms with Crippen LogP contribution in [0.4, 0.5) is 11.6 Å². The molecular formula is C54H84N14O40P6S2. The molecule has 0 spiro atoms. The molecule has 4 aromatic heterocycles. The number of ketones is 2. The molecule has 6 rings (SSSR count). The minimum Gasteiger partial charge on any atom is -0.481 e. The zero-order valence-electron chi connectivity index (χ0n) is 60.9. The molecule has 116 heavy (non-hydrogen) atoms. The van der Waals surface area contributed by atoms with Crippen LogP contribution in [0.5, 0.6) is 0 Å². The summed E-state index contributed by atoms with van der Waals surface area (Å²) in [6, 6.07) is 0. The number of carboxylic acid groups (broad SMARTS) is 2. The van der Waals surface area contributed by atoms with Gasteiger partial charge in [0.25, 0.3) is 0 Å². The number of carbonyl (C=O) groups is 10. The smallest absolute Gasteiger partial charge is 0.481 e. The number of imidazole rings is 2. The lowest BCUT2D eigenvalue weighted by Crippen LogP contribution is -2.46. The average molecular weight is 1820 g/mol. The van der Waals surface area contributed by atoms with Gasteiger partial charge in [-0.05, 0) is 0 Å². The molecule has 0 aliphatic carbocycles. The van der Waals surface area contributed by atoms with E-state index in [4.69, 9.17) is 49.2 Å². The average Bonchev–Trinajstić information content (AvgIpc) is 1.62. The van der Waals surface area contributed by atoms with E-state index in [-0.39, 0.29) is 97.3 Å². The summed E-state index contributed by atoms with van der Waals surface area (Å²) in [6.07, 6.45) is -16.6. The summed E-state index contributed by atoms with van der Waals surface area (Å²) in [4.78, 5) is 219. The van der Waals surface area contributed by atoms with Gasteiger partial charge in [0.1, 0.15) is 84.1 Å². The van der Waals surface area contributed by atoms with Crippen LogP contribution in [0.1, 0.15) is 91.5 Å². The molecule has 4 aromatic rings. The van der Waals surface area contributed by atoms with Gasteiger partial charge in [0, 0.05) is 74.2 Å². The standard InChI is InChI=1S/2C27H42N7O20P3S/c2*1-27(2,22(41)25(42)30-6-5-16(36)29-7-8-58-18(39)9-14(35)3-4-17(37)38)11-51-57(48,49)54-56(46,47)50-10-15-21(53-55(43,44)45)20(40)26(52-15)34-13-33-19-23(28)31-12-32-24(19)34/h2*12-13,15,20-22,26,40-41H,3-11H2,1-2H3,(H,29,36)(H,30,42)(H,37,38)(H,46,47)(H,48,49)(H2,28,31,32)(H2,43,44,45)/t2*15-,20-,21-,22+,26-/m11/s1. The predicted octanol–water partition coefficient (Wildman–Crippen LogP) is -3.02. The number of rotatable bonds is 48. The topological polar surface area (TPSA) is 836 Å². The number of carboxylic acids is 2. The van der Waals surface area contributed by atoms with Gasteiger partial charge in [0.2, 0.25) is 23.6 Å². The summed E-state index contributed by atoms with van der Waals surface area (Å²) in [5.41, 5.74) is 8.34. The van der Waals surface area contributed by atoms with Crippen LogP contribution in [0.15, 0.2) is 25.3 Å². The zero-order chi connectivity index (χ0) is 87.3. The number of phosphoric ester groups is 6. The number of Topliss-reactive ketones (excluding diaryl/α,β-unsaturated/α-hetero) is 2. The number of nitrogen functional groups attached to an aromatic ring is 2. The lowest BCUT2D eigenvalue weighted by molar-refractivity contribution is -0.139. The second-order valence-corrected chi connectivity index (χ2v) is 36.6. The van der Waals surface area contributed by atoms with Crippen LogP contribution >= 0.6 is 70.5 Å². The van der Waals surface area contributed by atoms with Crippen LogP contribution in [-0.4, -0.2) is 279 Å². The lowest BCUT2D eigenvalue weighted by atomic mass is 9.87. The number of phosphoric acid groups is 6.